The van der Waals surface area contributed by atoms with Crippen molar-refractivity contribution in [2.45, 2.75) is 12.8 Å². The van der Waals surface area contributed by atoms with Crippen LogP contribution in [0.1, 0.15) is 22.5 Å². The van der Waals surface area contributed by atoms with Crippen LogP contribution in [0.2, 0.25) is 5.02 Å². The van der Waals surface area contributed by atoms with E-state index in [4.69, 9.17) is 11.6 Å². The van der Waals surface area contributed by atoms with Gasteiger partial charge in [0.2, 0.25) is 0 Å². The lowest BCUT2D eigenvalue weighted by molar-refractivity contribution is 0.0797. The Bertz CT molecular complexity index is 588. The summed E-state index contributed by atoms with van der Waals surface area (Å²) >= 11 is 7.30. The van der Waals surface area contributed by atoms with Gasteiger partial charge in [0.1, 0.15) is 9.88 Å². The number of carbonyl (C=O) groups excluding carboxylic acids is 1. The minimum absolute atomic E-state index is 0.107. The first-order valence-corrected chi connectivity index (χ1v) is 7.44. The van der Waals surface area contributed by atoms with E-state index in [1.807, 2.05) is 29.2 Å². The maximum Gasteiger partial charge on any atom is 0.265 e. The molecule has 0 unspecified atom stereocenters. The van der Waals surface area contributed by atoms with Crippen LogP contribution in [0, 0.1) is 0 Å². The summed E-state index contributed by atoms with van der Waals surface area (Å²) in [5.74, 6) is 0.107. The highest BCUT2D eigenvalue weighted by molar-refractivity contribution is 7.16. The average Bonchev–Trinajstić information content (AvgIpc) is 3.10. The fourth-order valence-electron chi connectivity index (χ4n) is 2.17. The summed E-state index contributed by atoms with van der Waals surface area (Å²) in [6, 6.07) is 7.51. The van der Waals surface area contributed by atoms with Gasteiger partial charge in [0.25, 0.3) is 5.91 Å². The van der Waals surface area contributed by atoms with Gasteiger partial charge < -0.3 is 4.90 Å². The van der Waals surface area contributed by atoms with Gasteiger partial charge in [0.15, 0.2) is 0 Å². The van der Waals surface area contributed by atoms with Gasteiger partial charge in [-0.15, -0.1) is 11.3 Å². The number of likely N-dealkylation sites (tertiary alicyclic amines) is 1. The van der Waals surface area contributed by atoms with Gasteiger partial charge >= 0.3 is 0 Å². The van der Waals surface area contributed by atoms with Crippen LogP contribution < -0.4 is 0 Å². The highest BCUT2D eigenvalue weighted by Crippen LogP contribution is 2.27. The number of nitrogens with zero attached hydrogens (tertiary/aromatic N) is 2. The van der Waals surface area contributed by atoms with Crippen LogP contribution in [-0.4, -0.2) is 28.9 Å². The Balaban J connectivity index is 1.82. The third-order valence-electron chi connectivity index (χ3n) is 3.20. The minimum atomic E-state index is 0.107. The topological polar surface area (TPSA) is 33.2 Å². The van der Waals surface area contributed by atoms with Crippen LogP contribution in [0.4, 0.5) is 0 Å². The monoisotopic (exact) mass is 292 g/mol. The third kappa shape index (κ3) is 2.65. The molecular weight excluding hydrogens is 280 g/mol. The van der Waals surface area contributed by atoms with Crippen molar-refractivity contribution in [3.05, 3.63) is 40.4 Å². The number of amides is 1. The first kappa shape index (κ1) is 12.6. The van der Waals surface area contributed by atoms with E-state index in [0.717, 1.165) is 36.5 Å². The lowest BCUT2D eigenvalue weighted by Crippen LogP contribution is -2.26. The number of thiazole rings is 1. The zero-order valence-corrected chi connectivity index (χ0v) is 11.9. The number of hydrogen-bond donors (Lipinski definition) is 0. The van der Waals surface area contributed by atoms with Crippen LogP contribution in [0.3, 0.4) is 0 Å². The molecule has 0 saturated carbocycles. The number of carbonyl (C=O) groups is 1. The predicted molar refractivity (Wildman–Crippen MR) is 77.7 cm³/mol. The molecule has 0 radical (unpaired) electrons. The summed E-state index contributed by atoms with van der Waals surface area (Å²) in [5, 5.41) is 1.56. The van der Waals surface area contributed by atoms with Gasteiger partial charge in [-0.3, -0.25) is 4.79 Å². The SMILES string of the molecule is O=C(c1cnc(-c2ccc(Cl)cc2)s1)N1CCCC1. The van der Waals surface area contributed by atoms with Crippen molar-refractivity contribution in [3.8, 4) is 10.6 Å². The van der Waals surface area contributed by atoms with Crippen LogP contribution in [0.25, 0.3) is 10.6 Å². The van der Waals surface area contributed by atoms with Gasteiger partial charge in [-0.05, 0) is 25.0 Å². The summed E-state index contributed by atoms with van der Waals surface area (Å²) in [6.45, 7) is 1.74. The molecule has 1 aromatic heterocycles. The summed E-state index contributed by atoms with van der Waals surface area (Å²) in [4.78, 5) is 19.2. The van der Waals surface area contributed by atoms with E-state index in [0.29, 0.717) is 9.90 Å². The van der Waals surface area contributed by atoms with Crippen molar-refractivity contribution in [2.75, 3.05) is 13.1 Å². The second-order valence-electron chi connectivity index (χ2n) is 4.54. The zero-order chi connectivity index (χ0) is 13.2. The second kappa shape index (κ2) is 5.31. The van der Waals surface area contributed by atoms with E-state index in [1.165, 1.54) is 11.3 Å². The van der Waals surface area contributed by atoms with Crippen molar-refractivity contribution in [2.24, 2.45) is 0 Å². The minimum Gasteiger partial charge on any atom is -0.338 e. The zero-order valence-electron chi connectivity index (χ0n) is 10.3. The molecule has 1 saturated heterocycles. The Hall–Kier alpha value is -1.39. The van der Waals surface area contributed by atoms with Crippen LogP contribution in [0.5, 0.6) is 0 Å². The molecule has 1 amide bonds. The lowest BCUT2D eigenvalue weighted by Gasteiger charge is -2.12. The number of benzene rings is 1. The summed E-state index contributed by atoms with van der Waals surface area (Å²) in [6.07, 6.45) is 3.89. The third-order valence-corrected chi connectivity index (χ3v) is 4.49. The van der Waals surface area contributed by atoms with E-state index in [2.05, 4.69) is 4.98 Å². The molecular formula is C14H13ClN2OS. The van der Waals surface area contributed by atoms with Crippen LogP contribution >= 0.6 is 22.9 Å². The molecule has 2 heterocycles. The van der Waals surface area contributed by atoms with E-state index >= 15 is 0 Å². The van der Waals surface area contributed by atoms with Crippen molar-refractivity contribution < 1.29 is 4.79 Å². The van der Waals surface area contributed by atoms with Crippen molar-refractivity contribution >= 4 is 28.8 Å². The number of rotatable bonds is 2. The molecule has 1 fully saturated rings. The highest BCUT2D eigenvalue weighted by Gasteiger charge is 2.21. The highest BCUT2D eigenvalue weighted by atomic mass is 35.5. The molecule has 1 aliphatic heterocycles. The lowest BCUT2D eigenvalue weighted by atomic mass is 10.2. The molecule has 1 aromatic carbocycles. The molecule has 3 rings (SSSR count). The van der Waals surface area contributed by atoms with Gasteiger partial charge in [-0.2, -0.15) is 0 Å². The number of halogens is 1. The molecule has 0 aliphatic carbocycles. The molecule has 1 aliphatic rings. The quantitative estimate of drug-likeness (QED) is 0.845. The first-order valence-electron chi connectivity index (χ1n) is 6.25. The second-order valence-corrected chi connectivity index (χ2v) is 6.00. The number of aromatic nitrogens is 1. The standard InChI is InChI=1S/C14H13ClN2OS/c15-11-5-3-10(4-6-11)13-16-9-12(19-13)14(18)17-7-1-2-8-17/h3-6,9H,1-2,7-8H2. The Kier molecular flexibility index (Phi) is 3.53. The van der Waals surface area contributed by atoms with E-state index in [-0.39, 0.29) is 5.91 Å². The fourth-order valence-corrected chi connectivity index (χ4v) is 3.19. The Morgan fingerprint density at radius 2 is 1.89 bits per heavy atom. The molecule has 0 atom stereocenters. The van der Waals surface area contributed by atoms with Crippen LogP contribution in [0.15, 0.2) is 30.5 Å². The molecule has 3 nitrogen and oxygen atoms in total. The maximum absolute atomic E-state index is 12.2. The molecule has 0 N–H and O–H groups in total. The average molecular weight is 293 g/mol. The smallest absolute Gasteiger partial charge is 0.265 e. The molecule has 5 heteroatoms. The Morgan fingerprint density at radius 3 is 2.58 bits per heavy atom. The molecule has 98 valence electrons. The summed E-state index contributed by atoms with van der Waals surface area (Å²) in [5.41, 5.74) is 0.995. The normalized spacial score (nSPS) is 14.9. The van der Waals surface area contributed by atoms with Crippen molar-refractivity contribution in [3.63, 3.8) is 0 Å². The maximum atomic E-state index is 12.2. The Morgan fingerprint density at radius 1 is 1.21 bits per heavy atom. The largest absolute Gasteiger partial charge is 0.338 e. The van der Waals surface area contributed by atoms with Crippen molar-refractivity contribution in [1.82, 2.24) is 9.88 Å². The van der Waals surface area contributed by atoms with E-state index in [1.54, 1.807) is 6.20 Å². The fraction of sp³-hybridized carbons (Fsp3) is 0.286. The predicted octanol–water partition coefficient (Wildman–Crippen LogP) is 3.70. The van der Waals surface area contributed by atoms with E-state index in [9.17, 15) is 4.79 Å². The Labute approximate surface area is 120 Å². The summed E-state index contributed by atoms with van der Waals surface area (Å²) < 4.78 is 0. The molecule has 19 heavy (non-hydrogen) atoms. The molecule has 2 aromatic rings. The van der Waals surface area contributed by atoms with Gasteiger partial charge in [-0.25, -0.2) is 4.98 Å². The molecule has 0 bridgehead atoms. The molecule has 0 spiro atoms. The van der Waals surface area contributed by atoms with Gasteiger partial charge in [0, 0.05) is 23.7 Å². The van der Waals surface area contributed by atoms with Gasteiger partial charge in [-0.1, -0.05) is 23.7 Å². The first-order chi connectivity index (χ1) is 9.24. The summed E-state index contributed by atoms with van der Waals surface area (Å²) in [7, 11) is 0. The van der Waals surface area contributed by atoms with Gasteiger partial charge in [0.05, 0.1) is 6.20 Å². The van der Waals surface area contributed by atoms with Crippen molar-refractivity contribution in [1.29, 1.82) is 0 Å². The number of hydrogen-bond acceptors (Lipinski definition) is 3. The van der Waals surface area contributed by atoms with E-state index < -0.39 is 0 Å². The van der Waals surface area contributed by atoms with Crippen LogP contribution in [-0.2, 0) is 0 Å².